The number of likely N-dealkylation sites (N-methyl/N-ethyl adjacent to an activating group) is 1. The van der Waals surface area contributed by atoms with Gasteiger partial charge in [0.2, 0.25) is 0 Å². The van der Waals surface area contributed by atoms with Crippen LogP contribution in [0, 0.1) is 5.92 Å². The number of anilines is 1. The summed E-state index contributed by atoms with van der Waals surface area (Å²) in [5, 5.41) is 9.18. The van der Waals surface area contributed by atoms with Crippen LogP contribution in [0.25, 0.3) is 0 Å². The number of carboxylic acids is 1. The quantitative estimate of drug-likeness (QED) is 0.831. The zero-order chi connectivity index (χ0) is 14.9. The number of hydrogen-bond acceptors (Lipinski definition) is 5. The van der Waals surface area contributed by atoms with Crippen molar-refractivity contribution in [2.45, 2.75) is 25.8 Å². The number of aromatic amines is 1. The number of nitrogens with zero attached hydrogens (tertiary/aromatic N) is 2. The van der Waals surface area contributed by atoms with Crippen molar-refractivity contribution in [3.63, 3.8) is 0 Å². The number of H-pyrrole nitrogens is 1. The lowest BCUT2D eigenvalue weighted by Crippen LogP contribution is -2.41. The molecule has 1 aromatic heterocycles. The second-order valence-electron chi connectivity index (χ2n) is 5.30. The molecule has 20 heavy (non-hydrogen) atoms. The Morgan fingerprint density at radius 1 is 1.55 bits per heavy atom. The molecule has 0 aliphatic carbocycles. The molecule has 2 heterocycles. The Bertz CT molecular complexity index is 555. The third-order valence-electron chi connectivity index (χ3n) is 3.52. The highest BCUT2D eigenvalue weighted by Gasteiger charge is 2.37. The van der Waals surface area contributed by atoms with Crippen molar-refractivity contribution in [3.8, 4) is 0 Å². The summed E-state index contributed by atoms with van der Waals surface area (Å²) in [5.41, 5.74) is -0.239. The van der Waals surface area contributed by atoms with E-state index in [-0.39, 0.29) is 24.1 Å². The van der Waals surface area contributed by atoms with Gasteiger partial charge in [0.15, 0.2) is 0 Å². The van der Waals surface area contributed by atoms with E-state index in [4.69, 9.17) is 4.74 Å². The summed E-state index contributed by atoms with van der Waals surface area (Å²) < 4.78 is 5.25. The number of carboxylic acid groups (broad SMARTS) is 1. The van der Waals surface area contributed by atoms with Crippen LogP contribution >= 0.6 is 0 Å². The van der Waals surface area contributed by atoms with Gasteiger partial charge in [0.05, 0.1) is 19.3 Å². The zero-order valence-electron chi connectivity index (χ0n) is 11.8. The molecular weight excluding hydrogens is 262 g/mol. The molecule has 0 bridgehead atoms. The topological polar surface area (TPSA) is 95.5 Å². The first-order valence-electron chi connectivity index (χ1n) is 6.54. The highest BCUT2D eigenvalue weighted by Crippen LogP contribution is 2.23. The van der Waals surface area contributed by atoms with Gasteiger partial charge in [-0.1, -0.05) is 13.8 Å². The van der Waals surface area contributed by atoms with Gasteiger partial charge in [-0.3, -0.25) is 9.59 Å². The highest BCUT2D eigenvalue weighted by atomic mass is 16.5. The molecule has 0 aromatic carbocycles. The lowest BCUT2D eigenvalue weighted by molar-refractivity contribution is -0.141. The van der Waals surface area contributed by atoms with E-state index in [9.17, 15) is 14.7 Å². The maximum absolute atomic E-state index is 11.7. The first-order valence-corrected chi connectivity index (χ1v) is 6.54. The molecule has 1 aliphatic heterocycles. The first-order chi connectivity index (χ1) is 9.40. The summed E-state index contributed by atoms with van der Waals surface area (Å²) in [6.45, 7) is 4.37. The summed E-state index contributed by atoms with van der Waals surface area (Å²) in [6.07, 6.45) is 0. The average molecular weight is 281 g/mol. The monoisotopic (exact) mass is 281 g/mol. The van der Waals surface area contributed by atoms with Crippen molar-refractivity contribution >= 4 is 11.8 Å². The van der Waals surface area contributed by atoms with Gasteiger partial charge >= 0.3 is 5.97 Å². The molecule has 1 aliphatic rings. The standard InChI is InChI=1S/C13H19N3O4/c1-7(2)12-14-10(4-11(17)15-12)16(3)9-6-20-5-8(9)13(18)19/h4,7-9H,5-6H2,1-3H3,(H,18,19)(H,14,15,17). The predicted octanol–water partition coefficient (Wildman–Crippen LogP) is 0.429. The van der Waals surface area contributed by atoms with Crippen molar-refractivity contribution < 1.29 is 14.6 Å². The van der Waals surface area contributed by atoms with Gasteiger partial charge in [-0.25, -0.2) is 4.98 Å². The summed E-state index contributed by atoms with van der Waals surface area (Å²) in [6, 6.07) is 1.06. The molecule has 0 radical (unpaired) electrons. The van der Waals surface area contributed by atoms with Crippen molar-refractivity contribution in [1.29, 1.82) is 0 Å². The van der Waals surface area contributed by atoms with Gasteiger partial charge in [-0.05, 0) is 0 Å². The first kappa shape index (κ1) is 14.5. The lowest BCUT2D eigenvalue weighted by atomic mass is 10.0. The van der Waals surface area contributed by atoms with Gasteiger partial charge in [-0.15, -0.1) is 0 Å². The van der Waals surface area contributed by atoms with E-state index in [0.29, 0.717) is 18.2 Å². The van der Waals surface area contributed by atoms with E-state index in [1.807, 2.05) is 13.8 Å². The van der Waals surface area contributed by atoms with Gasteiger partial charge in [-0.2, -0.15) is 0 Å². The van der Waals surface area contributed by atoms with Crippen LogP contribution in [0.5, 0.6) is 0 Å². The Morgan fingerprint density at radius 3 is 2.85 bits per heavy atom. The molecular formula is C13H19N3O4. The summed E-state index contributed by atoms with van der Waals surface area (Å²) in [7, 11) is 1.74. The highest BCUT2D eigenvalue weighted by molar-refractivity contribution is 5.72. The molecule has 7 heteroatoms. The minimum atomic E-state index is -0.895. The molecule has 1 fully saturated rings. The second kappa shape index (κ2) is 5.62. The van der Waals surface area contributed by atoms with Crippen molar-refractivity contribution in [3.05, 3.63) is 22.2 Å². The predicted molar refractivity (Wildman–Crippen MR) is 73.1 cm³/mol. The lowest BCUT2D eigenvalue weighted by Gasteiger charge is -2.27. The van der Waals surface area contributed by atoms with E-state index < -0.39 is 11.9 Å². The molecule has 1 saturated heterocycles. The fourth-order valence-electron chi connectivity index (χ4n) is 2.25. The molecule has 0 amide bonds. The molecule has 110 valence electrons. The van der Waals surface area contributed by atoms with Crippen molar-refractivity contribution in [2.75, 3.05) is 25.2 Å². The molecule has 2 N–H and O–H groups in total. The minimum Gasteiger partial charge on any atom is -0.481 e. The minimum absolute atomic E-state index is 0.0890. The number of nitrogens with one attached hydrogen (secondary N) is 1. The van der Waals surface area contributed by atoms with Gasteiger partial charge in [0.1, 0.15) is 17.6 Å². The summed E-state index contributed by atoms with van der Waals surface area (Å²) in [5.74, 6) is -0.354. The van der Waals surface area contributed by atoms with Crippen LogP contribution in [0.4, 0.5) is 5.82 Å². The SMILES string of the molecule is CC(C)c1nc(N(C)C2COCC2C(=O)O)cc(=O)[nH]1. The third-order valence-corrected chi connectivity index (χ3v) is 3.52. The number of aliphatic carboxylic acids is 1. The summed E-state index contributed by atoms with van der Waals surface area (Å²) in [4.78, 5) is 31.7. The van der Waals surface area contributed by atoms with Gasteiger partial charge in [0.25, 0.3) is 5.56 Å². The van der Waals surface area contributed by atoms with Crippen LogP contribution in [0.2, 0.25) is 0 Å². The number of ether oxygens (including phenoxy) is 1. The van der Waals surface area contributed by atoms with Gasteiger partial charge in [0, 0.05) is 19.0 Å². The largest absolute Gasteiger partial charge is 0.481 e. The Balaban J connectivity index is 2.31. The third kappa shape index (κ3) is 2.82. The molecule has 0 spiro atoms. The van der Waals surface area contributed by atoms with Crippen molar-refractivity contribution in [1.82, 2.24) is 9.97 Å². The fourth-order valence-corrected chi connectivity index (χ4v) is 2.25. The number of carbonyl (C=O) groups is 1. The van der Waals surface area contributed by atoms with Crippen LogP contribution in [0.15, 0.2) is 10.9 Å². The zero-order valence-corrected chi connectivity index (χ0v) is 11.8. The van der Waals surface area contributed by atoms with Crippen LogP contribution in [0.3, 0.4) is 0 Å². The Morgan fingerprint density at radius 2 is 2.25 bits per heavy atom. The number of rotatable bonds is 4. The normalized spacial score (nSPS) is 22.2. The Hall–Kier alpha value is -1.89. The molecule has 1 aromatic rings. The van der Waals surface area contributed by atoms with E-state index in [2.05, 4.69) is 9.97 Å². The fraction of sp³-hybridized carbons (Fsp3) is 0.615. The average Bonchev–Trinajstić information content (AvgIpc) is 2.86. The van der Waals surface area contributed by atoms with Gasteiger partial charge < -0.3 is 19.7 Å². The Labute approximate surface area is 116 Å². The van der Waals surface area contributed by atoms with E-state index in [1.165, 1.54) is 6.07 Å². The Kier molecular flexibility index (Phi) is 4.08. The van der Waals surface area contributed by atoms with Crippen molar-refractivity contribution in [2.24, 2.45) is 5.92 Å². The van der Waals surface area contributed by atoms with E-state index >= 15 is 0 Å². The maximum atomic E-state index is 11.7. The molecule has 2 rings (SSSR count). The smallest absolute Gasteiger partial charge is 0.311 e. The van der Waals surface area contributed by atoms with Crippen LogP contribution in [0.1, 0.15) is 25.6 Å². The molecule has 2 atom stereocenters. The van der Waals surface area contributed by atoms with E-state index in [1.54, 1.807) is 11.9 Å². The summed E-state index contributed by atoms with van der Waals surface area (Å²) >= 11 is 0. The molecule has 0 saturated carbocycles. The van der Waals surface area contributed by atoms with Crippen LogP contribution in [-0.4, -0.2) is 47.3 Å². The van der Waals surface area contributed by atoms with Crippen LogP contribution in [-0.2, 0) is 9.53 Å². The molecule has 7 nitrogen and oxygen atoms in total. The second-order valence-corrected chi connectivity index (χ2v) is 5.30. The van der Waals surface area contributed by atoms with Crippen LogP contribution < -0.4 is 10.5 Å². The number of hydrogen-bond donors (Lipinski definition) is 2. The molecule has 2 unspecified atom stereocenters. The maximum Gasteiger partial charge on any atom is 0.311 e. The number of aromatic nitrogens is 2. The van der Waals surface area contributed by atoms with E-state index in [0.717, 1.165) is 0 Å².